The first kappa shape index (κ1) is 12.1. The van der Waals surface area contributed by atoms with Crippen molar-refractivity contribution in [3.05, 3.63) is 28.2 Å². The Morgan fingerprint density at radius 3 is 3.00 bits per heavy atom. The fraction of sp³-hybridized carbons (Fsp3) is 0.364. The zero-order chi connectivity index (χ0) is 11.5. The van der Waals surface area contributed by atoms with Gasteiger partial charge in [0.25, 0.3) is 0 Å². The number of rotatable bonds is 1. The van der Waals surface area contributed by atoms with Gasteiger partial charge in [-0.05, 0) is 25.5 Å². The number of anilines is 1. The molecule has 1 aliphatic heterocycles. The Kier molecular flexibility index (Phi) is 4.00. The molecule has 0 radical (unpaired) electrons. The van der Waals surface area contributed by atoms with Gasteiger partial charge in [-0.2, -0.15) is 0 Å². The van der Waals surface area contributed by atoms with E-state index in [0.29, 0.717) is 16.1 Å². The van der Waals surface area contributed by atoms with Gasteiger partial charge in [-0.15, -0.1) is 0 Å². The maximum Gasteiger partial charge on any atom is 0.161 e. The van der Waals surface area contributed by atoms with Crippen molar-refractivity contribution in [2.45, 2.75) is 19.4 Å². The fourth-order valence-electron chi connectivity index (χ4n) is 1.41. The van der Waals surface area contributed by atoms with Crippen molar-refractivity contribution in [1.29, 1.82) is 0 Å². The average molecular weight is 275 g/mol. The lowest BCUT2D eigenvalue weighted by atomic mass is 10.3. The molecule has 0 aliphatic carbocycles. The minimum atomic E-state index is 0.377. The van der Waals surface area contributed by atoms with Gasteiger partial charge in [-0.3, -0.25) is 4.99 Å². The molecule has 0 aromatic heterocycles. The molecule has 1 N–H and O–H groups in total. The van der Waals surface area contributed by atoms with E-state index in [0.717, 1.165) is 23.0 Å². The van der Waals surface area contributed by atoms with E-state index in [2.05, 4.69) is 17.2 Å². The summed E-state index contributed by atoms with van der Waals surface area (Å²) in [6, 6.07) is 5.92. The molecular weight excluding hydrogens is 263 g/mol. The molecule has 0 saturated carbocycles. The maximum absolute atomic E-state index is 6.09. The van der Waals surface area contributed by atoms with Gasteiger partial charge in [0.05, 0.1) is 21.8 Å². The molecule has 0 bridgehead atoms. The molecule has 1 aromatic rings. The van der Waals surface area contributed by atoms with E-state index in [1.54, 1.807) is 17.8 Å². The van der Waals surface area contributed by atoms with Crippen molar-refractivity contribution >= 4 is 45.8 Å². The van der Waals surface area contributed by atoms with Crippen LogP contribution in [0.15, 0.2) is 23.2 Å². The molecule has 1 atom stereocenters. The molecule has 16 heavy (non-hydrogen) atoms. The van der Waals surface area contributed by atoms with E-state index in [1.165, 1.54) is 0 Å². The Morgan fingerprint density at radius 1 is 1.44 bits per heavy atom. The lowest BCUT2D eigenvalue weighted by Crippen LogP contribution is -2.18. The Balaban J connectivity index is 2.17. The van der Waals surface area contributed by atoms with Crippen molar-refractivity contribution in [2.75, 3.05) is 11.1 Å². The first-order valence-electron chi connectivity index (χ1n) is 5.08. The van der Waals surface area contributed by atoms with Crippen LogP contribution in [0.3, 0.4) is 0 Å². The number of nitrogens with one attached hydrogen (secondary N) is 1. The number of nitrogens with zero attached hydrogens (tertiary/aromatic N) is 1. The third-order valence-corrected chi connectivity index (χ3v) is 4.04. The molecule has 1 heterocycles. The largest absolute Gasteiger partial charge is 0.334 e. The third-order valence-electron chi connectivity index (χ3n) is 2.31. The minimum Gasteiger partial charge on any atom is -0.334 e. The average Bonchev–Trinajstić information content (AvgIpc) is 2.25. The zero-order valence-corrected chi connectivity index (χ0v) is 11.2. The molecule has 0 amide bonds. The first-order chi connectivity index (χ1) is 7.66. The number of hydrogen-bond acceptors (Lipinski definition) is 3. The van der Waals surface area contributed by atoms with E-state index >= 15 is 0 Å². The van der Waals surface area contributed by atoms with Gasteiger partial charge < -0.3 is 5.32 Å². The summed E-state index contributed by atoms with van der Waals surface area (Å²) in [5, 5.41) is 5.24. The molecule has 86 valence electrons. The van der Waals surface area contributed by atoms with Gasteiger partial charge in [-0.25, -0.2) is 0 Å². The van der Waals surface area contributed by atoms with E-state index in [1.807, 2.05) is 12.1 Å². The van der Waals surface area contributed by atoms with Crippen LogP contribution in [-0.4, -0.2) is 17.0 Å². The van der Waals surface area contributed by atoms with Crippen molar-refractivity contribution in [1.82, 2.24) is 0 Å². The van der Waals surface area contributed by atoms with Gasteiger partial charge >= 0.3 is 0 Å². The van der Waals surface area contributed by atoms with Crippen LogP contribution in [0.5, 0.6) is 0 Å². The smallest absolute Gasteiger partial charge is 0.161 e. The van der Waals surface area contributed by atoms with Gasteiger partial charge in [0, 0.05) is 5.75 Å². The molecule has 1 aromatic carbocycles. The lowest BCUT2D eigenvalue weighted by molar-refractivity contribution is 0.720. The second kappa shape index (κ2) is 5.30. The van der Waals surface area contributed by atoms with Crippen LogP contribution in [0.2, 0.25) is 10.0 Å². The Bertz CT molecular complexity index is 420. The van der Waals surface area contributed by atoms with Crippen molar-refractivity contribution in [3.63, 3.8) is 0 Å². The zero-order valence-electron chi connectivity index (χ0n) is 8.84. The van der Waals surface area contributed by atoms with Crippen LogP contribution < -0.4 is 5.32 Å². The molecule has 0 fully saturated rings. The number of thioether (sulfide) groups is 1. The van der Waals surface area contributed by atoms with Crippen LogP contribution in [-0.2, 0) is 0 Å². The fourth-order valence-corrected chi connectivity index (χ4v) is 2.85. The highest BCUT2D eigenvalue weighted by Gasteiger charge is 2.13. The summed E-state index contributed by atoms with van der Waals surface area (Å²) in [5.74, 6) is 1.09. The highest BCUT2D eigenvalue weighted by molar-refractivity contribution is 8.14. The third kappa shape index (κ3) is 2.84. The number of hydrogen-bond donors (Lipinski definition) is 1. The number of benzene rings is 1. The predicted octanol–water partition coefficient (Wildman–Crippen LogP) is 4.29. The van der Waals surface area contributed by atoms with Gasteiger partial charge in [-0.1, -0.05) is 41.0 Å². The predicted molar refractivity (Wildman–Crippen MR) is 74.1 cm³/mol. The van der Waals surface area contributed by atoms with Gasteiger partial charge in [0.15, 0.2) is 5.17 Å². The lowest BCUT2D eigenvalue weighted by Gasteiger charge is -2.18. The topological polar surface area (TPSA) is 24.4 Å². The standard InChI is InChI=1S/C11H12Cl2N2S/c1-7-5-6-16-11(14-7)15-9-4-2-3-8(12)10(9)13/h2-4,7H,5-6H2,1H3,(H,14,15). The SMILES string of the molecule is CC1CCSC(Nc2cccc(Cl)c2Cl)=N1. The Morgan fingerprint density at radius 2 is 2.25 bits per heavy atom. The van der Waals surface area contributed by atoms with Crippen LogP contribution in [0, 0.1) is 0 Å². The summed E-state index contributed by atoms with van der Waals surface area (Å²) in [4.78, 5) is 4.52. The molecule has 5 heteroatoms. The first-order valence-corrected chi connectivity index (χ1v) is 6.82. The molecule has 0 spiro atoms. The van der Waals surface area contributed by atoms with E-state index in [9.17, 15) is 0 Å². The summed E-state index contributed by atoms with van der Waals surface area (Å²) in [7, 11) is 0. The highest BCUT2D eigenvalue weighted by Crippen LogP contribution is 2.31. The minimum absolute atomic E-state index is 0.377. The van der Waals surface area contributed by atoms with Crippen LogP contribution in [0.4, 0.5) is 5.69 Å². The number of halogens is 2. The second-order valence-corrected chi connectivity index (χ2v) is 5.52. The van der Waals surface area contributed by atoms with Crippen LogP contribution in [0.1, 0.15) is 13.3 Å². The van der Waals surface area contributed by atoms with Crippen LogP contribution in [0.25, 0.3) is 0 Å². The van der Waals surface area contributed by atoms with Gasteiger partial charge in [0.2, 0.25) is 0 Å². The molecule has 1 aliphatic rings. The van der Waals surface area contributed by atoms with E-state index < -0.39 is 0 Å². The number of aliphatic imine (C=N–C) groups is 1. The quantitative estimate of drug-likeness (QED) is 0.827. The van der Waals surface area contributed by atoms with E-state index in [4.69, 9.17) is 23.2 Å². The van der Waals surface area contributed by atoms with Crippen molar-refractivity contribution in [3.8, 4) is 0 Å². The molecule has 2 rings (SSSR count). The summed E-state index contributed by atoms with van der Waals surface area (Å²) in [5.41, 5.74) is 0.814. The molecular formula is C11H12Cl2N2S. The monoisotopic (exact) mass is 274 g/mol. The summed E-state index contributed by atoms with van der Waals surface area (Å²) in [6.07, 6.45) is 1.12. The van der Waals surface area contributed by atoms with Gasteiger partial charge in [0.1, 0.15) is 0 Å². The normalized spacial score (nSPS) is 20.4. The van der Waals surface area contributed by atoms with Crippen LogP contribution >= 0.6 is 35.0 Å². The second-order valence-electron chi connectivity index (χ2n) is 3.65. The molecule has 1 unspecified atom stereocenters. The molecule has 2 nitrogen and oxygen atoms in total. The summed E-state index contributed by atoms with van der Waals surface area (Å²) in [6.45, 7) is 2.11. The van der Waals surface area contributed by atoms with Crippen molar-refractivity contribution < 1.29 is 0 Å². The Labute approximate surface area is 109 Å². The van der Waals surface area contributed by atoms with Crippen molar-refractivity contribution in [2.24, 2.45) is 4.99 Å². The summed E-state index contributed by atoms with van der Waals surface area (Å²) >= 11 is 13.7. The summed E-state index contributed by atoms with van der Waals surface area (Å²) < 4.78 is 0. The number of amidine groups is 1. The highest BCUT2D eigenvalue weighted by atomic mass is 35.5. The Hall–Kier alpha value is -0.380. The molecule has 0 saturated heterocycles. The maximum atomic E-state index is 6.09. The van der Waals surface area contributed by atoms with E-state index in [-0.39, 0.29) is 0 Å².